The van der Waals surface area contributed by atoms with Gasteiger partial charge in [-0.15, -0.1) is 0 Å². The van der Waals surface area contributed by atoms with Crippen LogP contribution in [0.1, 0.15) is 45.6 Å². The van der Waals surface area contributed by atoms with Crippen LogP contribution < -0.4 is 5.73 Å². The molecule has 0 aromatic heterocycles. The third kappa shape index (κ3) is 4.85. The highest BCUT2D eigenvalue weighted by Gasteiger charge is 2.44. The van der Waals surface area contributed by atoms with Crippen LogP contribution in [0, 0.1) is 11.6 Å². The van der Waals surface area contributed by atoms with Crippen LogP contribution in [-0.4, -0.2) is 60.2 Å². The van der Waals surface area contributed by atoms with Gasteiger partial charge in [-0.3, -0.25) is 0 Å². The van der Waals surface area contributed by atoms with Crippen molar-refractivity contribution in [2.45, 2.75) is 64.1 Å². The van der Waals surface area contributed by atoms with E-state index in [-0.39, 0.29) is 49.0 Å². The molecule has 2 heterocycles. The number of ether oxygens (including phenoxy) is 1. The molecule has 2 aliphatic rings. The Hall–Kier alpha value is -1.94. The number of halogens is 2. The number of anilines is 1. The van der Waals surface area contributed by atoms with Crippen molar-refractivity contribution in [1.29, 1.82) is 0 Å². The summed E-state index contributed by atoms with van der Waals surface area (Å²) in [5, 5.41) is 0. The Balaban J connectivity index is 1.85. The zero-order valence-corrected chi connectivity index (χ0v) is 18.3. The molecule has 2 aliphatic heterocycles. The van der Waals surface area contributed by atoms with E-state index in [0.717, 1.165) is 6.07 Å². The molecule has 2 fully saturated rings. The van der Waals surface area contributed by atoms with Gasteiger partial charge < -0.3 is 15.4 Å². The lowest BCUT2D eigenvalue weighted by molar-refractivity contribution is -0.00328. The second-order valence-electron chi connectivity index (χ2n) is 8.94. The Bertz CT molecular complexity index is 917. The number of rotatable bonds is 3. The molecule has 168 valence electrons. The normalized spacial score (nSPS) is 26.2. The SMILES string of the molecule is CC(C)(C)OC(=O)N1C[C@H](CCc2c(N)ccc(F)c2F)N2C[C@H]1CCCS2(=O)=O. The lowest BCUT2D eigenvalue weighted by atomic mass is 9.99. The zero-order chi connectivity index (χ0) is 22.3. The molecule has 0 spiro atoms. The van der Waals surface area contributed by atoms with E-state index in [4.69, 9.17) is 10.5 Å². The number of benzene rings is 1. The molecule has 3 rings (SSSR count). The summed E-state index contributed by atoms with van der Waals surface area (Å²) >= 11 is 0. The Kier molecular flexibility index (Phi) is 6.29. The van der Waals surface area contributed by atoms with Crippen molar-refractivity contribution in [2.24, 2.45) is 0 Å². The second kappa shape index (κ2) is 8.30. The topological polar surface area (TPSA) is 92.9 Å². The summed E-state index contributed by atoms with van der Waals surface area (Å²) in [6.07, 6.45) is 0.774. The van der Waals surface area contributed by atoms with Gasteiger partial charge in [-0.2, -0.15) is 4.31 Å². The number of fused-ring (bicyclic) bond motifs is 2. The van der Waals surface area contributed by atoms with Gasteiger partial charge in [0.25, 0.3) is 0 Å². The third-order valence-electron chi connectivity index (χ3n) is 5.53. The molecular formula is C20H29F2N3O4S. The number of carbonyl (C=O) groups is 1. The van der Waals surface area contributed by atoms with E-state index in [1.807, 2.05) is 0 Å². The van der Waals surface area contributed by atoms with E-state index in [0.29, 0.717) is 12.8 Å². The molecule has 30 heavy (non-hydrogen) atoms. The number of nitrogen functional groups attached to an aromatic ring is 1. The highest BCUT2D eigenvalue weighted by molar-refractivity contribution is 7.89. The zero-order valence-electron chi connectivity index (χ0n) is 17.5. The van der Waals surface area contributed by atoms with Crippen molar-refractivity contribution in [3.05, 3.63) is 29.3 Å². The lowest BCUT2D eigenvalue weighted by Gasteiger charge is -2.44. The summed E-state index contributed by atoms with van der Waals surface area (Å²) in [6.45, 7) is 5.62. The van der Waals surface area contributed by atoms with E-state index in [1.54, 1.807) is 25.7 Å². The van der Waals surface area contributed by atoms with Crippen molar-refractivity contribution >= 4 is 21.8 Å². The summed E-state index contributed by atoms with van der Waals surface area (Å²) in [5.74, 6) is -2.02. The molecule has 10 heteroatoms. The number of carbonyl (C=O) groups excluding carboxylic acids is 1. The minimum Gasteiger partial charge on any atom is -0.444 e. The summed E-state index contributed by atoms with van der Waals surface area (Å²) < 4.78 is 60.3. The molecule has 1 aromatic rings. The van der Waals surface area contributed by atoms with Crippen LogP contribution in [0.4, 0.5) is 19.3 Å². The molecular weight excluding hydrogens is 416 g/mol. The highest BCUT2D eigenvalue weighted by atomic mass is 32.2. The van der Waals surface area contributed by atoms with Gasteiger partial charge in [-0.25, -0.2) is 22.0 Å². The molecule has 1 aromatic carbocycles. The average Bonchev–Trinajstić information content (AvgIpc) is 2.75. The van der Waals surface area contributed by atoms with E-state index >= 15 is 0 Å². The predicted molar refractivity (Wildman–Crippen MR) is 109 cm³/mol. The maximum Gasteiger partial charge on any atom is 0.410 e. The van der Waals surface area contributed by atoms with Crippen LogP contribution in [0.2, 0.25) is 0 Å². The van der Waals surface area contributed by atoms with Crippen LogP contribution in [-0.2, 0) is 21.2 Å². The number of sulfonamides is 1. The van der Waals surface area contributed by atoms with Crippen molar-refractivity contribution in [1.82, 2.24) is 9.21 Å². The number of nitrogens with two attached hydrogens (primary N) is 1. The van der Waals surface area contributed by atoms with Crippen LogP contribution in [0.25, 0.3) is 0 Å². The predicted octanol–water partition coefficient (Wildman–Crippen LogP) is 2.89. The Labute approximate surface area is 176 Å². The van der Waals surface area contributed by atoms with Gasteiger partial charge in [0.15, 0.2) is 11.6 Å². The van der Waals surface area contributed by atoms with E-state index in [2.05, 4.69) is 0 Å². The monoisotopic (exact) mass is 445 g/mol. The van der Waals surface area contributed by atoms with Gasteiger partial charge in [0, 0.05) is 36.4 Å². The van der Waals surface area contributed by atoms with Gasteiger partial charge >= 0.3 is 6.09 Å². The van der Waals surface area contributed by atoms with Crippen LogP contribution >= 0.6 is 0 Å². The van der Waals surface area contributed by atoms with E-state index in [1.165, 1.54) is 10.4 Å². The molecule has 3 atom stereocenters. The molecule has 1 unspecified atom stereocenters. The number of hydrogen-bond acceptors (Lipinski definition) is 5. The first kappa shape index (κ1) is 22.7. The number of hydrogen-bond donors (Lipinski definition) is 1. The van der Waals surface area contributed by atoms with Crippen LogP contribution in [0.15, 0.2) is 12.1 Å². The first-order valence-corrected chi connectivity index (χ1v) is 11.7. The first-order chi connectivity index (χ1) is 13.9. The fourth-order valence-electron chi connectivity index (χ4n) is 4.08. The maximum absolute atomic E-state index is 14.2. The second-order valence-corrected chi connectivity index (χ2v) is 11.0. The number of piperazine rings is 1. The van der Waals surface area contributed by atoms with Crippen molar-refractivity contribution in [3.8, 4) is 0 Å². The average molecular weight is 446 g/mol. The highest BCUT2D eigenvalue weighted by Crippen LogP contribution is 2.30. The Morgan fingerprint density at radius 1 is 1.27 bits per heavy atom. The van der Waals surface area contributed by atoms with E-state index in [9.17, 15) is 22.0 Å². The molecule has 0 radical (unpaired) electrons. The fraction of sp³-hybridized carbons (Fsp3) is 0.650. The van der Waals surface area contributed by atoms with Gasteiger partial charge in [0.05, 0.1) is 5.75 Å². The summed E-state index contributed by atoms with van der Waals surface area (Å²) in [7, 11) is -3.50. The van der Waals surface area contributed by atoms with Gasteiger partial charge in [-0.1, -0.05) is 0 Å². The van der Waals surface area contributed by atoms with Gasteiger partial charge in [-0.05, 0) is 58.6 Å². The van der Waals surface area contributed by atoms with Crippen molar-refractivity contribution in [3.63, 3.8) is 0 Å². The molecule has 2 N–H and O–H groups in total. The molecule has 2 bridgehead atoms. The third-order valence-corrected chi connectivity index (χ3v) is 7.50. The largest absolute Gasteiger partial charge is 0.444 e. The number of amides is 1. The minimum absolute atomic E-state index is 0.00137. The molecule has 1 amide bonds. The lowest BCUT2D eigenvalue weighted by Crippen LogP contribution is -2.60. The quantitative estimate of drug-likeness (QED) is 0.722. The van der Waals surface area contributed by atoms with E-state index < -0.39 is 39.4 Å². The Morgan fingerprint density at radius 3 is 2.63 bits per heavy atom. The van der Waals surface area contributed by atoms with Crippen molar-refractivity contribution < 1.29 is 26.7 Å². The smallest absolute Gasteiger partial charge is 0.410 e. The van der Waals surface area contributed by atoms with Gasteiger partial charge in [0.1, 0.15) is 5.60 Å². The summed E-state index contributed by atoms with van der Waals surface area (Å²) in [6, 6.07) is 1.41. The molecule has 2 saturated heterocycles. The standard InChI is InChI=1S/C20H29F2N3O4S/c1-20(2,3)29-19(26)24-11-14(25-12-13(24)5-4-10-30(25,27)28)6-7-15-17(23)9-8-16(21)18(15)22/h8-9,13-14H,4-7,10-12,23H2,1-3H3/t13-,14+/m1/s1. The maximum atomic E-state index is 14.2. The summed E-state index contributed by atoms with van der Waals surface area (Å²) in [5.41, 5.74) is 5.26. The van der Waals surface area contributed by atoms with Gasteiger partial charge in [0.2, 0.25) is 10.0 Å². The summed E-state index contributed by atoms with van der Waals surface area (Å²) in [4.78, 5) is 14.3. The first-order valence-electron chi connectivity index (χ1n) is 10.1. The molecule has 0 aliphatic carbocycles. The van der Waals surface area contributed by atoms with Crippen LogP contribution in [0.3, 0.4) is 0 Å². The number of nitrogens with zero attached hydrogens (tertiary/aromatic N) is 2. The minimum atomic E-state index is -3.50. The molecule has 0 saturated carbocycles. The molecule has 7 nitrogen and oxygen atoms in total. The fourth-order valence-corrected chi connectivity index (χ4v) is 5.87. The van der Waals surface area contributed by atoms with Crippen molar-refractivity contribution in [2.75, 3.05) is 24.6 Å². The Morgan fingerprint density at radius 2 is 1.97 bits per heavy atom. The van der Waals surface area contributed by atoms with Crippen LogP contribution in [0.5, 0.6) is 0 Å².